The van der Waals surface area contributed by atoms with E-state index in [2.05, 4.69) is 10.2 Å². The fraction of sp³-hybridized carbons (Fsp3) is 0.235. The summed E-state index contributed by atoms with van der Waals surface area (Å²) in [6, 6.07) is 6.26. The maximum absolute atomic E-state index is 12.7. The fourth-order valence-electron chi connectivity index (χ4n) is 2.55. The smallest absolute Gasteiger partial charge is 0.416 e. The normalized spacial score (nSPS) is 11.7. The summed E-state index contributed by atoms with van der Waals surface area (Å²) in [5, 5.41) is 18.1. The van der Waals surface area contributed by atoms with E-state index in [0.29, 0.717) is 23.4 Å². The number of aromatic nitrogens is 4. The molecular weight excluding hydrogens is 349 g/mol. The van der Waals surface area contributed by atoms with Crippen molar-refractivity contribution < 1.29 is 18.3 Å². The number of alkyl halides is 3. The molecule has 3 aromatic rings. The molecule has 9 heteroatoms. The molecular formula is C17H15F3N4O2. The van der Waals surface area contributed by atoms with E-state index in [9.17, 15) is 23.1 Å². The summed E-state index contributed by atoms with van der Waals surface area (Å²) in [5.74, 6) is -0.329. The minimum atomic E-state index is -4.42. The summed E-state index contributed by atoms with van der Waals surface area (Å²) in [5.41, 5.74) is 0.139. The first-order valence-electron chi connectivity index (χ1n) is 7.74. The Labute approximate surface area is 146 Å². The highest BCUT2D eigenvalue weighted by Crippen LogP contribution is 2.31. The topological polar surface area (TPSA) is 72.9 Å². The molecule has 0 aliphatic heterocycles. The van der Waals surface area contributed by atoms with Gasteiger partial charge >= 0.3 is 6.18 Å². The Morgan fingerprint density at radius 3 is 2.42 bits per heavy atom. The minimum Gasteiger partial charge on any atom is -0.504 e. The third kappa shape index (κ3) is 3.07. The highest BCUT2D eigenvalue weighted by molar-refractivity contribution is 5.61. The molecule has 0 spiro atoms. The Bertz CT molecular complexity index is 1000. The summed E-state index contributed by atoms with van der Waals surface area (Å²) >= 11 is 0. The predicted molar refractivity (Wildman–Crippen MR) is 88.1 cm³/mol. The number of benzene rings is 1. The van der Waals surface area contributed by atoms with Crippen LogP contribution < -0.4 is 5.56 Å². The van der Waals surface area contributed by atoms with E-state index in [-0.39, 0.29) is 11.4 Å². The Hall–Kier alpha value is -3.10. The van der Waals surface area contributed by atoms with Crippen LogP contribution in [0, 0.1) is 0 Å². The molecule has 0 saturated carbocycles. The Morgan fingerprint density at radius 1 is 1.19 bits per heavy atom. The zero-order valence-corrected chi connectivity index (χ0v) is 13.9. The average molecular weight is 364 g/mol. The van der Waals surface area contributed by atoms with Gasteiger partial charge in [-0.25, -0.2) is 9.36 Å². The maximum atomic E-state index is 12.7. The summed E-state index contributed by atoms with van der Waals surface area (Å²) in [4.78, 5) is 12.3. The quantitative estimate of drug-likeness (QED) is 0.776. The van der Waals surface area contributed by atoms with Crippen molar-refractivity contribution in [3.8, 4) is 22.7 Å². The summed E-state index contributed by atoms with van der Waals surface area (Å²) in [6.07, 6.45) is -2.78. The fourth-order valence-corrected chi connectivity index (χ4v) is 2.55. The summed E-state index contributed by atoms with van der Waals surface area (Å²) in [6.45, 7) is 1.84. The van der Waals surface area contributed by atoms with Gasteiger partial charge in [0.2, 0.25) is 0 Å². The molecule has 2 aromatic heterocycles. The van der Waals surface area contributed by atoms with Crippen molar-refractivity contribution in [2.45, 2.75) is 19.5 Å². The van der Waals surface area contributed by atoms with Gasteiger partial charge in [0, 0.05) is 18.3 Å². The van der Waals surface area contributed by atoms with E-state index in [1.54, 1.807) is 6.07 Å². The van der Waals surface area contributed by atoms with Crippen LogP contribution in [0.25, 0.3) is 16.9 Å². The van der Waals surface area contributed by atoms with Crippen molar-refractivity contribution in [2.75, 3.05) is 0 Å². The standard InChI is InChI=1S/C17H15F3N4O2/c1-3-12-8-13(10-4-6-11(7-5-10)17(18,19)20)22-24(12)15-14(25)9-21-23(2)16(15)26/h4-9,25H,3H2,1-2H3. The Kier molecular flexibility index (Phi) is 4.31. The number of halogens is 3. The van der Waals surface area contributed by atoms with Crippen molar-refractivity contribution in [2.24, 2.45) is 7.05 Å². The lowest BCUT2D eigenvalue weighted by Gasteiger charge is -2.08. The van der Waals surface area contributed by atoms with Gasteiger partial charge in [0.15, 0.2) is 11.4 Å². The molecule has 0 radical (unpaired) electrons. The van der Waals surface area contributed by atoms with Crippen molar-refractivity contribution in [1.82, 2.24) is 19.6 Å². The number of hydrogen-bond donors (Lipinski definition) is 1. The van der Waals surface area contributed by atoms with Gasteiger partial charge in [-0.05, 0) is 24.6 Å². The first-order chi connectivity index (χ1) is 12.2. The second-order valence-corrected chi connectivity index (χ2v) is 5.67. The molecule has 0 amide bonds. The van der Waals surface area contributed by atoms with Crippen molar-refractivity contribution in [3.63, 3.8) is 0 Å². The van der Waals surface area contributed by atoms with Crippen molar-refractivity contribution in [1.29, 1.82) is 0 Å². The van der Waals surface area contributed by atoms with Crippen LogP contribution in [0.3, 0.4) is 0 Å². The maximum Gasteiger partial charge on any atom is 0.416 e. The predicted octanol–water partition coefficient (Wildman–Crippen LogP) is 2.92. The Morgan fingerprint density at radius 2 is 1.85 bits per heavy atom. The number of aryl methyl sites for hydroxylation is 2. The SMILES string of the molecule is CCc1cc(-c2ccc(C(F)(F)F)cc2)nn1-c1c(O)cnn(C)c1=O. The number of hydrogen-bond acceptors (Lipinski definition) is 4. The summed E-state index contributed by atoms with van der Waals surface area (Å²) < 4.78 is 40.5. The summed E-state index contributed by atoms with van der Waals surface area (Å²) in [7, 11) is 1.44. The molecule has 0 saturated heterocycles. The number of aromatic hydroxyl groups is 1. The first-order valence-corrected chi connectivity index (χ1v) is 7.74. The number of nitrogens with zero attached hydrogens (tertiary/aromatic N) is 4. The molecule has 0 aliphatic rings. The third-order valence-electron chi connectivity index (χ3n) is 3.96. The van der Waals surface area contributed by atoms with Crippen LogP contribution in [0.4, 0.5) is 13.2 Å². The third-order valence-corrected chi connectivity index (χ3v) is 3.96. The van der Waals surface area contributed by atoms with E-state index < -0.39 is 17.3 Å². The molecule has 1 aromatic carbocycles. The molecule has 2 heterocycles. The van der Waals surface area contributed by atoms with Crippen LogP contribution in [-0.4, -0.2) is 24.7 Å². The van der Waals surface area contributed by atoms with Crippen LogP contribution in [0.5, 0.6) is 5.75 Å². The van der Waals surface area contributed by atoms with E-state index in [1.165, 1.54) is 23.9 Å². The lowest BCUT2D eigenvalue weighted by molar-refractivity contribution is -0.137. The zero-order chi connectivity index (χ0) is 19.1. The monoisotopic (exact) mass is 364 g/mol. The van der Waals surface area contributed by atoms with Gasteiger partial charge < -0.3 is 5.11 Å². The van der Waals surface area contributed by atoms with E-state index >= 15 is 0 Å². The second kappa shape index (κ2) is 6.32. The highest BCUT2D eigenvalue weighted by Gasteiger charge is 2.30. The zero-order valence-electron chi connectivity index (χ0n) is 13.9. The van der Waals surface area contributed by atoms with Crippen molar-refractivity contribution >= 4 is 0 Å². The molecule has 0 atom stereocenters. The Balaban J connectivity index is 2.11. The molecule has 6 nitrogen and oxygen atoms in total. The minimum absolute atomic E-state index is 0.0579. The van der Waals surface area contributed by atoms with Crippen LogP contribution in [0.2, 0.25) is 0 Å². The first kappa shape index (κ1) is 17.7. The van der Waals surface area contributed by atoms with E-state index in [4.69, 9.17) is 0 Å². The lowest BCUT2D eigenvalue weighted by atomic mass is 10.1. The average Bonchev–Trinajstić information content (AvgIpc) is 3.02. The molecule has 1 N–H and O–H groups in total. The largest absolute Gasteiger partial charge is 0.504 e. The van der Waals surface area contributed by atoms with Gasteiger partial charge in [-0.2, -0.15) is 23.4 Å². The van der Waals surface area contributed by atoms with E-state index in [1.807, 2.05) is 6.92 Å². The molecule has 3 rings (SSSR count). The molecule has 0 aliphatic carbocycles. The molecule has 0 bridgehead atoms. The lowest BCUT2D eigenvalue weighted by Crippen LogP contribution is -2.25. The van der Waals surface area contributed by atoms with Gasteiger partial charge in [0.05, 0.1) is 17.5 Å². The van der Waals surface area contributed by atoms with Crippen LogP contribution in [-0.2, 0) is 19.6 Å². The van der Waals surface area contributed by atoms with Crippen LogP contribution >= 0.6 is 0 Å². The van der Waals surface area contributed by atoms with Gasteiger partial charge in [0.25, 0.3) is 5.56 Å². The second-order valence-electron chi connectivity index (χ2n) is 5.67. The van der Waals surface area contributed by atoms with Crippen LogP contribution in [0.15, 0.2) is 41.3 Å². The van der Waals surface area contributed by atoms with E-state index in [0.717, 1.165) is 23.0 Å². The van der Waals surface area contributed by atoms with Gasteiger partial charge in [-0.1, -0.05) is 19.1 Å². The van der Waals surface area contributed by atoms with Crippen LogP contribution in [0.1, 0.15) is 18.2 Å². The molecule has 136 valence electrons. The van der Waals surface area contributed by atoms with Gasteiger partial charge in [-0.15, -0.1) is 0 Å². The van der Waals surface area contributed by atoms with Gasteiger partial charge in [0.1, 0.15) is 0 Å². The molecule has 0 fully saturated rings. The molecule has 0 unspecified atom stereocenters. The van der Waals surface area contributed by atoms with Gasteiger partial charge in [-0.3, -0.25) is 4.79 Å². The highest BCUT2D eigenvalue weighted by atomic mass is 19.4. The number of rotatable bonds is 3. The molecule has 26 heavy (non-hydrogen) atoms. The van der Waals surface area contributed by atoms with Crippen molar-refractivity contribution in [3.05, 3.63) is 58.1 Å².